The van der Waals surface area contributed by atoms with Crippen molar-refractivity contribution in [1.82, 2.24) is 5.32 Å². The topological polar surface area (TPSA) is 129 Å². The molecule has 0 saturated heterocycles. The average molecular weight is 479 g/mol. The van der Waals surface area contributed by atoms with Crippen LogP contribution in [0.2, 0.25) is 0 Å². The van der Waals surface area contributed by atoms with Gasteiger partial charge in [0, 0.05) is 11.6 Å². The van der Waals surface area contributed by atoms with Crippen LogP contribution in [0.1, 0.15) is 41.0 Å². The van der Waals surface area contributed by atoms with Gasteiger partial charge in [-0.15, -0.1) is 0 Å². The summed E-state index contributed by atoms with van der Waals surface area (Å²) in [6.07, 6.45) is -1.13. The van der Waals surface area contributed by atoms with Crippen LogP contribution in [0.15, 0.2) is 30.3 Å². The van der Waals surface area contributed by atoms with E-state index in [1.54, 1.807) is 58.9 Å². The second kappa shape index (κ2) is 12.2. The first-order valence-corrected chi connectivity index (χ1v) is 11.4. The molecule has 0 radical (unpaired) electrons. The van der Waals surface area contributed by atoms with Crippen LogP contribution in [-0.4, -0.2) is 55.6 Å². The fourth-order valence-corrected chi connectivity index (χ4v) is 3.74. The number of esters is 2. The zero-order chi connectivity index (χ0) is 25.3. The van der Waals surface area contributed by atoms with Crippen molar-refractivity contribution in [2.24, 2.45) is 17.8 Å². The molecule has 2 amide bonds. The second-order valence-electron chi connectivity index (χ2n) is 8.81. The zero-order valence-electron chi connectivity index (χ0n) is 20.3. The molecule has 1 aliphatic rings. The SMILES string of the molecule is CCOC(=O)[C@H]1[C@H](CCOC(=O)Nc2ccccc2)[C@@H]1[C@H](NC(=O)OC(C)(C)C)C(=O)OCC. The first kappa shape index (κ1) is 26.9. The molecule has 0 aliphatic heterocycles. The van der Waals surface area contributed by atoms with Crippen molar-refractivity contribution in [3.63, 3.8) is 0 Å². The number of ether oxygens (including phenoxy) is 4. The molecule has 0 unspecified atom stereocenters. The predicted molar refractivity (Wildman–Crippen MR) is 123 cm³/mol. The van der Waals surface area contributed by atoms with Gasteiger partial charge in [-0.3, -0.25) is 10.1 Å². The van der Waals surface area contributed by atoms with Crippen LogP contribution in [0.25, 0.3) is 0 Å². The van der Waals surface area contributed by atoms with Gasteiger partial charge in [-0.05, 0) is 59.1 Å². The molecular formula is C24H34N2O8. The average Bonchev–Trinajstić information content (AvgIpc) is 3.45. The molecule has 1 aromatic carbocycles. The molecule has 0 spiro atoms. The van der Waals surface area contributed by atoms with Gasteiger partial charge < -0.3 is 24.3 Å². The van der Waals surface area contributed by atoms with Crippen LogP contribution in [0, 0.1) is 17.8 Å². The van der Waals surface area contributed by atoms with Crippen molar-refractivity contribution in [1.29, 1.82) is 0 Å². The maximum atomic E-state index is 12.6. The number of hydrogen-bond donors (Lipinski definition) is 2. The van der Waals surface area contributed by atoms with E-state index in [0.717, 1.165) is 0 Å². The number of anilines is 1. The standard InChI is InChI=1S/C24H34N2O8/c1-6-31-20(27)18-16(13-14-33-22(29)25-15-11-9-8-10-12-15)17(18)19(21(28)32-7-2)26-23(30)34-24(3,4)5/h8-12,16-19H,6-7,13-14H2,1-5H3,(H,25,29)(H,26,30)/t16-,17+,18+,19+/m1/s1. The molecule has 0 heterocycles. The highest BCUT2D eigenvalue weighted by Crippen LogP contribution is 2.52. The van der Waals surface area contributed by atoms with Crippen LogP contribution in [0.5, 0.6) is 0 Å². The molecule has 1 saturated carbocycles. The molecule has 1 fully saturated rings. The molecule has 10 nitrogen and oxygen atoms in total. The van der Waals surface area contributed by atoms with Crippen molar-refractivity contribution in [3.8, 4) is 0 Å². The van der Waals surface area contributed by atoms with E-state index >= 15 is 0 Å². The lowest BCUT2D eigenvalue weighted by Gasteiger charge is -2.23. The molecule has 188 valence electrons. The summed E-state index contributed by atoms with van der Waals surface area (Å²) in [5, 5.41) is 5.15. The van der Waals surface area contributed by atoms with E-state index in [1.165, 1.54) is 0 Å². The Morgan fingerprint density at radius 1 is 0.941 bits per heavy atom. The number of para-hydroxylation sites is 1. The lowest BCUT2D eigenvalue weighted by atomic mass is 10.1. The Kier molecular flexibility index (Phi) is 9.70. The zero-order valence-corrected chi connectivity index (χ0v) is 20.3. The van der Waals surface area contributed by atoms with Gasteiger partial charge in [0.15, 0.2) is 0 Å². The first-order chi connectivity index (χ1) is 16.1. The van der Waals surface area contributed by atoms with Gasteiger partial charge in [0.1, 0.15) is 11.6 Å². The van der Waals surface area contributed by atoms with E-state index in [-0.39, 0.29) is 25.7 Å². The van der Waals surface area contributed by atoms with Crippen LogP contribution in [0.4, 0.5) is 15.3 Å². The minimum atomic E-state index is -1.10. The number of alkyl carbamates (subject to hydrolysis) is 1. The first-order valence-electron chi connectivity index (χ1n) is 11.4. The largest absolute Gasteiger partial charge is 0.466 e. The smallest absolute Gasteiger partial charge is 0.411 e. The summed E-state index contributed by atoms with van der Waals surface area (Å²) >= 11 is 0. The third kappa shape index (κ3) is 8.24. The van der Waals surface area contributed by atoms with Crippen LogP contribution in [0.3, 0.4) is 0 Å². The fourth-order valence-electron chi connectivity index (χ4n) is 3.74. The molecule has 10 heteroatoms. The minimum Gasteiger partial charge on any atom is -0.466 e. The highest BCUT2D eigenvalue weighted by molar-refractivity contribution is 5.86. The highest BCUT2D eigenvalue weighted by atomic mass is 16.6. The van der Waals surface area contributed by atoms with Crippen LogP contribution < -0.4 is 10.6 Å². The second-order valence-corrected chi connectivity index (χ2v) is 8.81. The molecule has 1 aromatic rings. The normalized spacial score (nSPS) is 19.9. The maximum absolute atomic E-state index is 12.6. The Balaban J connectivity index is 2.05. The Morgan fingerprint density at radius 2 is 1.59 bits per heavy atom. The number of amides is 2. The summed E-state index contributed by atoms with van der Waals surface area (Å²) in [5.41, 5.74) is -0.183. The summed E-state index contributed by atoms with van der Waals surface area (Å²) < 4.78 is 20.8. The highest BCUT2D eigenvalue weighted by Gasteiger charge is 2.61. The minimum absolute atomic E-state index is 0.0116. The summed E-state index contributed by atoms with van der Waals surface area (Å²) in [4.78, 5) is 49.6. The van der Waals surface area contributed by atoms with Crippen LogP contribution >= 0.6 is 0 Å². The van der Waals surface area contributed by atoms with Crippen molar-refractivity contribution in [3.05, 3.63) is 30.3 Å². The van der Waals surface area contributed by atoms with E-state index in [9.17, 15) is 19.2 Å². The van der Waals surface area contributed by atoms with Gasteiger partial charge in [-0.1, -0.05) is 18.2 Å². The monoisotopic (exact) mass is 478 g/mol. The third-order valence-corrected chi connectivity index (χ3v) is 5.09. The van der Waals surface area contributed by atoms with Crippen molar-refractivity contribution >= 4 is 29.8 Å². The van der Waals surface area contributed by atoms with E-state index < -0.39 is 47.6 Å². The number of nitrogens with one attached hydrogen (secondary N) is 2. The Morgan fingerprint density at radius 3 is 2.18 bits per heavy atom. The molecule has 2 rings (SSSR count). The number of benzene rings is 1. The quantitative estimate of drug-likeness (QED) is 0.386. The molecule has 4 atom stereocenters. The Labute approximate surface area is 199 Å². The number of hydrogen-bond acceptors (Lipinski definition) is 8. The molecular weight excluding hydrogens is 444 g/mol. The van der Waals surface area contributed by atoms with Gasteiger partial charge in [-0.25, -0.2) is 14.4 Å². The molecule has 2 N–H and O–H groups in total. The number of carbonyl (C=O) groups excluding carboxylic acids is 4. The number of carbonyl (C=O) groups is 4. The van der Waals surface area contributed by atoms with E-state index in [1.807, 2.05) is 6.07 Å². The van der Waals surface area contributed by atoms with Gasteiger partial charge in [-0.2, -0.15) is 0 Å². The summed E-state index contributed by atoms with van der Waals surface area (Å²) in [5.74, 6) is -2.73. The van der Waals surface area contributed by atoms with E-state index in [4.69, 9.17) is 18.9 Å². The van der Waals surface area contributed by atoms with Gasteiger partial charge in [0.2, 0.25) is 0 Å². The molecule has 0 aromatic heterocycles. The summed E-state index contributed by atoms with van der Waals surface area (Å²) in [6, 6.07) is 7.73. The van der Waals surface area contributed by atoms with Gasteiger partial charge in [0.05, 0.1) is 25.7 Å². The summed E-state index contributed by atoms with van der Waals surface area (Å²) in [6.45, 7) is 8.72. The van der Waals surface area contributed by atoms with E-state index in [0.29, 0.717) is 12.1 Å². The van der Waals surface area contributed by atoms with Gasteiger partial charge >= 0.3 is 24.1 Å². The summed E-state index contributed by atoms with van der Waals surface area (Å²) in [7, 11) is 0. The Bertz CT molecular complexity index is 852. The molecule has 0 bridgehead atoms. The van der Waals surface area contributed by atoms with Crippen molar-refractivity contribution in [2.75, 3.05) is 25.1 Å². The van der Waals surface area contributed by atoms with Crippen molar-refractivity contribution < 1.29 is 38.1 Å². The predicted octanol–water partition coefficient (Wildman–Crippen LogP) is 3.51. The van der Waals surface area contributed by atoms with Gasteiger partial charge in [0.25, 0.3) is 0 Å². The number of rotatable bonds is 10. The van der Waals surface area contributed by atoms with E-state index in [2.05, 4.69) is 10.6 Å². The maximum Gasteiger partial charge on any atom is 0.411 e. The third-order valence-electron chi connectivity index (χ3n) is 5.09. The Hall–Kier alpha value is -3.30. The molecule has 34 heavy (non-hydrogen) atoms. The van der Waals surface area contributed by atoms with Crippen LogP contribution in [-0.2, 0) is 28.5 Å². The fraction of sp³-hybridized carbons (Fsp3) is 0.583. The molecule has 1 aliphatic carbocycles. The lowest BCUT2D eigenvalue weighted by molar-refractivity contribution is -0.147. The van der Waals surface area contributed by atoms with Crippen molar-refractivity contribution in [2.45, 2.75) is 52.7 Å². The lowest BCUT2D eigenvalue weighted by Crippen LogP contribution is -2.46.